The van der Waals surface area contributed by atoms with E-state index < -0.39 is 0 Å². The van der Waals surface area contributed by atoms with Crippen molar-refractivity contribution in [3.8, 4) is 11.5 Å². The van der Waals surface area contributed by atoms with Gasteiger partial charge in [-0.05, 0) is 37.1 Å². The summed E-state index contributed by atoms with van der Waals surface area (Å²) in [4.78, 5) is 29.4. The Kier molecular flexibility index (Phi) is 3.60. The van der Waals surface area contributed by atoms with Gasteiger partial charge in [-0.25, -0.2) is 0 Å². The average Bonchev–Trinajstić information content (AvgIpc) is 3.36. The maximum atomic E-state index is 13.2. The summed E-state index contributed by atoms with van der Waals surface area (Å²) >= 11 is 0. The molecule has 3 heterocycles. The maximum absolute atomic E-state index is 13.2. The van der Waals surface area contributed by atoms with Crippen molar-refractivity contribution >= 4 is 23.2 Å². The van der Waals surface area contributed by atoms with Gasteiger partial charge in [0.05, 0.1) is 5.92 Å². The van der Waals surface area contributed by atoms with Crippen LogP contribution in [0.25, 0.3) is 0 Å². The first-order valence-corrected chi connectivity index (χ1v) is 9.23. The Morgan fingerprint density at radius 2 is 1.89 bits per heavy atom. The largest absolute Gasteiger partial charge is 0.454 e. The average molecular weight is 364 g/mol. The molecule has 6 heteroatoms. The number of rotatable bonds is 2. The molecule has 1 fully saturated rings. The molecule has 0 saturated carbocycles. The molecule has 2 aromatic rings. The zero-order valence-corrected chi connectivity index (χ0v) is 15.1. The molecule has 0 bridgehead atoms. The number of hydrogen-bond donors (Lipinski definition) is 0. The molecule has 2 atom stereocenters. The third kappa shape index (κ3) is 2.55. The lowest BCUT2D eigenvalue weighted by atomic mass is 10.1. The second-order valence-corrected chi connectivity index (χ2v) is 7.33. The molecule has 0 unspecified atom stereocenters. The number of benzene rings is 2. The van der Waals surface area contributed by atoms with E-state index in [2.05, 4.69) is 13.0 Å². The van der Waals surface area contributed by atoms with E-state index in [0.29, 0.717) is 18.0 Å². The van der Waals surface area contributed by atoms with E-state index in [1.807, 2.05) is 29.2 Å². The molecule has 138 valence electrons. The zero-order valence-electron chi connectivity index (χ0n) is 15.1. The van der Waals surface area contributed by atoms with Crippen molar-refractivity contribution in [2.24, 2.45) is 5.92 Å². The van der Waals surface area contributed by atoms with Crippen molar-refractivity contribution in [3.05, 3.63) is 48.0 Å². The summed E-state index contributed by atoms with van der Waals surface area (Å²) in [5.41, 5.74) is 2.91. The lowest BCUT2D eigenvalue weighted by Gasteiger charge is -2.26. The third-order valence-corrected chi connectivity index (χ3v) is 5.59. The van der Waals surface area contributed by atoms with Crippen LogP contribution in [0.2, 0.25) is 0 Å². The molecule has 2 amide bonds. The van der Waals surface area contributed by atoms with Gasteiger partial charge in [0.1, 0.15) is 0 Å². The van der Waals surface area contributed by atoms with Gasteiger partial charge in [-0.2, -0.15) is 0 Å². The number of carbonyl (C=O) groups excluding carboxylic acids is 2. The standard InChI is InChI=1S/C21H20N2O4/c1-13-8-14-4-2-3-5-17(14)23(13)21(25)15-9-20(24)22(11-15)16-6-7-18-19(10-16)27-12-26-18/h2-7,10,13,15H,8-9,11-12H2,1H3/t13-,15+/m1/s1. The molecule has 0 aromatic heterocycles. The van der Waals surface area contributed by atoms with Crippen LogP contribution in [0.1, 0.15) is 18.9 Å². The second-order valence-electron chi connectivity index (χ2n) is 7.33. The summed E-state index contributed by atoms with van der Waals surface area (Å²) in [7, 11) is 0. The highest BCUT2D eigenvalue weighted by molar-refractivity contribution is 6.05. The fourth-order valence-electron chi connectivity index (χ4n) is 4.27. The number of fused-ring (bicyclic) bond motifs is 2. The zero-order chi connectivity index (χ0) is 18.5. The van der Waals surface area contributed by atoms with E-state index in [-0.39, 0.29) is 37.0 Å². The minimum absolute atomic E-state index is 0.0315. The molecule has 0 radical (unpaired) electrons. The van der Waals surface area contributed by atoms with E-state index in [1.54, 1.807) is 17.0 Å². The van der Waals surface area contributed by atoms with Gasteiger partial charge in [-0.1, -0.05) is 18.2 Å². The molecular formula is C21H20N2O4. The molecule has 2 aromatic carbocycles. The number of nitrogens with zero attached hydrogens (tertiary/aromatic N) is 2. The highest BCUT2D eigenvalue weighted by atomic mass is 16.7. The molecule has 0 N–H and O–H groups in total. The molecule has 3 aliphatic rings. The van der Waals surface area contributed by atoms with Crippen LogP contribution in [0.3, 0.4) is 0 Å². The SMILES string of the molecule is C[C@@H]1Cc2ccccc2N1C(=O)[C@H]1CC(=O)N(c2ccc3c(c2)OCO3)C1. The number of ether oxygens (including phenoxy) is 2. The fourth-order valence-corrected chi connectivity index (χ4v) is 4.27. The van der Waals surface area contributed by atoms with Gasteiger partial charge in [0, 0.05) is 36.4 Å². The van der Waals surface area contributed by atoms with Crippen molar-refractivity contribution in [2.45, 2.75) is 25.8 Å². The van der Waals surface area contributed by atoms with Gasteiger partial charge in [0.25, 0.3) is 0 Å². The highest BCUT2D eigenvalue weighted by Crippen LogP contribution is 2.38. The molecule has 1 saturated heterocycles. The smallest absolute Gasteiger partial charge is 0.232 e. The molecule has 3 aliphatic heterocycles. The number of hydrogen-bond acceptors (Lipinski definition) is 4. The Labute approximate surface area is 157 Å². The first-order valence-electron chi connectivity index (χ1n) is 9.23. The summed E-state index contributed by atoms with van der Waals surface area (Å²) in [6.45, 7) is 2.65. The molecule has 27 heavy (non-hydrogen) atoms. The molecular weight excluding hydrogens is 344 g/mol. The van der Waals surface area contributed by atoms with Crippen LogP contribution in [0.15, 0.2) is 42.5 Å². The van der Waals surface area contributed by atoms with Gasteiger partial charge in [0.2, 0.25) is 18.6 Å². The van der Waals surface area contributed by atoms with Crippen molar-refractivity contribution < 1.29 is 19.1 Å². The first-order chi connectivity index (χ1) is 13.1. The highest BCUT2D eigenvalue weighted by Gasteiger charge is 2.41. The Balaban J connectivity index is 1.38. The summed E-state index contributed by atoms with van der Waals surface area (Å²) in [5, 5.41) is 0. The topological polar surface area (TPSA) is 59.1 Å². The first kappa shape index (κ1) is 16.2. The lowest BCUT2D eigenvalue weighted by molar-refractivity contribution is -0.124. The van der Waals surface area contributed by atoms with Crippen LogP contribution < -0.4 is 19.3 Å². The van der Waals surface area contributed by atoms with Crippen molar-refractivity contribution in [3.63, 3.8) is 0 Å². The minimum Gasteiger partial charge on any atom is -0.454 e. The molecule has 0 spiro atoms. The van der Waals surface area contributed by atoms with E-state index in [4.69, 9.17) is 9.47 Å². The maximum Gasteiger partial charge on any atom is 0.232 e. The van der Waals surface area contributed by atoms with Gasteiger partial charge in [-0.3, -0.25) is 9.59 Å². The summed E-state index contributed by atoms with van der Waals surface area (Å²) < 4.78 is 10.7. The van der Waals surface area contributed by atoms with Crippen LogP contribution in [-0.2, 0) is 16.0 Å². The normalized spacial score (nSPS) is 23.1. The van der Waals surface area contributed by atoms with E-state index in [9.17, 15) is 9.59 Å². The van der Waals surface area contributed by atoms with Crippen molar-refractivity contribution in [1.82, 2.24) is 0 Å². The van der Waals surface area contributed by atoms with E-state index in [1.165, 1.54) is 5.56 Å². The Hall–Kier alpha value is -3.02. The Morgan fingerprint density at radius 1 is 1.07 bits per heavy atom. The van der Waals surface area contributed by atoms with Gasteiger partial charge in [0.15, 0.2) is 11.5 Å². The van der Waals surface area contributed by atoms with Crippen LogP contribution >= 0.6 is 0 Å². The van der Waals surface area contributed by atoms with Crippen molar-refractivity contribution in [1.29, 1.82) is 0 Å². The van der Waals surface area contributed by atoms with E-state index in [0.717, 1.165) is 17.8 Å². The minimum atomic E-state index is -0.337. The van der Waals surface area contributed by atoms with Gasteiger partial charge in [-0.15, -0.1) is 0 Å². The van der Waals surface area contributed by atoms with Crippen LogP contribution in [-0.4, -0.2) is 31.2 Å². The predicted octanol–water partition coefficient (Wildman–Crippen LogP) is 2.75. The number of amides is 2. The Morgan fingerprint density at radius 3 is 2.78 bits per heavy atom. The molecule has 6 nitrogen and oxygen atoms in total. The fraction of sp³-hybridized carbons (Fsp3) is 0.333. The summed E-state index contributed by atoms with van der Waals surface area (Å²) in [6, 6.07) is 13.6. The summed E-state index contributed by atoms with van der Waals surface area (Å²) in [6.07, 6.45) is 1.09. The van der Waals surface area contributed by atoms with Crippen molar-refractivity contribution in [2.75, 3.05) is 23.1 Å². The number of carbonyl (C=O) groups is 2. The van der Waals surface area contributed by atoms with E-state index >= 15 is 0 Å². The monoisotopic (exact) mass is 364 g/mol. The predicted molar refractivity (Wildman–Crippen MR) is 100 cm³/mol. The van der Waals surface area contributed by atoms with Crippen LogP contribution in [0, 0.1) is 5.92 Å². The number of para-hydroxylation sites is 1. The van der Waals surface area contributed by atoms with Gasteiger partial charge >= 0.3 is 0 Å². The molecule has 5 rings (SSSR count). The van der Waals surface area contributed by atoms with Crippen LogP contribution in [0.5, 0.6) is 11.5 Å². The Bertz CT molecular complexity index is 942. The van der Waals surface area contributed by atoms with Gasteiger partial charge < -0.3 is 19.3 Å². The second kappa shape index (κ2) is 6.01. The number of anilines is 2. The molecule has 0 aliphatic carbocycles. The summed E-state index contributed by atoms with van der Waals surface area (Å²) in [5.74, 6) is 0.977. The quantitative estimate of drug-likeness (QED) is 0.822. The van der Waals surface area contributed by atoms with Crippen LogP contribution in [0.4, 0.5) is 11.4 Å². The lowest BCUT2D eigenvalue weighted by Crippen LogP contribution is -2.41. The third-order valence-electron chi connectivity index (χ3n) is 5.59.